The molecule has 1 unspecified atom stereocenters. The van der Waals surface area contributed by atoms with Crippen LogP contribution in [0.25, 0.3) is 0 Å². The number of carbonyl (C=O) groups excluding carboxylic acids is 2. The van der Waals surface area contributed by atoms with Crippen molar-refractivity contribution in [2.45, 2.75) is 44.7 Å². The molecule has 0 aromatic heterocycles. The second-order valence-corrected chi connectivity index (χ2v) is 5.26. The number of hydrogen-bond donors (Lipinski definition) is 3. The highest BCUT2D eigenvalue weighted by Crippen LogP contribution is 2.23. The molecule has 1 saturated carbocycles. The van der Waals surface area contributed by atoms with E-state index in [9.17, 15) is 9.59 Å². The number of nitrogens with two attached hydrogens (primary N) is 1. The second kappa shape index (κ2) is 8.12. The minimum absolute atomic E-state index is 0.00796. The summed E-state index contributed by atoms with van der Waals surface area (Å²) < 4.78 is 4.95. The van der Waals surface area contributed by atoms with Crippen LogP contribution in [0.15, 0.2) is 0 Å². The summed E-state index contributed by atoms with van der Waals surface area (Å²) in [7, 11) is 1.61. The van der Waals surface area contributed by atoms with E-state index in [1.807, 2.05) is 6.92 Å². The van der Waals surface area contributed by atoms with Crippen molar-refractivity contribution in [3.63, 3.8) is 0 Å². The third-order valence-corrected chi connectivity index (χ3v) is 3.50. The van der Waals surface area contributed by atoms with Gasteiger partial charge in [-0.25, -0.2) is 0 Å². The molecule has 0 aliphatic heterocycles. The van der Waals surface area contributed by atoms with Crippen LogP contribution in [0.1, 0.15) is 32.6 Å². The first-order valence-electron chi connectivity index (χ1n) is 6.84. The van der Waals surface area contributed by atoms with Gasteiger partial charge in [0.1, 0.15) is 0 Å². The zero-order valence-electron chi connectivity index (χ0n) is 11.8. The first kappa shape index (κ1) is 15.9. The first-order valence-corrected chi connectivity index (χ1v) is 6.84. The lowest BCUT2D eigenvalue weighted by Gasteiger charge is -2.27. The number of nitrogens with one attached hydrogen (secondary N) is 2. The van der Waals surface area contributed by atoms with Gasteiger partial charge in [-0.3, -0.25) is 9.59 Å². The van der Waals surface area contributed by atoms with Crippen LogP contribution in [0.3, 0.4) is 0 Å². The Morgan fingerprint density at radius 2 is 1.95 bits per heavy atom. The lowest BCUT2D eigenvalue weighted by Crippen LogP contribution is -2.45. The predicted octanol–water partition coefficient (Wildman–Crippen LogP) is -0.229. The molecule has 6 nitrogen and oxygen atoms in total. The summed E-state index contributed by atoms with van der Waals surface area (Å²) in [5, 5.41) is 6.07. The maximum atomic E-state index is 11.6. The smallest absolute Gasteiger partial charge is 0.234 e. The largest absolute Gasteiger partial charge is 0.383 e. The molecular weight excluding hydrogens is 246 g/mol. The van der Waals surface area contributed by atoms with Gasteiger partial charge in [0, 0.05) is 25.1 Å². The molecule has 2 amide bonds. The summed E-state index contributed by atoms with van der Waals surface area (Å²) in [4.78, 5) is 22.7. The molecule has 1 fully saturated rings. The molecule has 0 bridgehead atoms. The maximum Gasteiger partial charge on any atom is 0.234 e. The average Bonchev–Trinajstić information content (AvgIpc) is 2.37. The fraction of sp³-hybridized carbons (Fsp3) is 0.846. The van der Waals surface area contributed by atoms with Crippen LogP contribution in [-0.4, -0.2) is 44.2 Å². The summed E-state index contributed by atoms with van der Waals surface area (Å²) in [6.45, 7) is 2.72. The van der Waals surface area contributed by atoms with Gasteiger partial charge in [0.05, 0.1) is 13.2 Å². The van der Waals surface area contributed by atoms with E-state index >= 15 is 0 Å². The SMILES string of the molecule is COCC(C)NC(=O)CNC1CCC(C(N)=O)CC1. The summed E-state index contributed by atoms with van der Waals surface area (Å²) in [6.07, 6.45) is 3.42. The third kappa shape index (κ3) is 6.02. The Kier molecular flexibility index (Phi) is 6.80. The molecule has 4 N–H and O–H groups in total. The number of amides is 2. The van der Waals surface area contributed by atoms with Gasteiger partial charge in [-0.15, -0.1) is 0 Å². The number of carbonyl (C=O) groups is 2. The summed E-state index contributed by atoms with van der Waals surface area (Å²) in [5.41, 5.74) is 5.28. The molecule has 110 valence electrons. The Morgan fingerprint density at radius 1 is 1.32 bits per heavy atom. The van der Waals surface area contributed by atoms with Crippen LogP contribution < -0.4 is 16.4 Å². The van der Waals surface area contributed by atoms with Crippen molar-refractivity contribution >= 4 is 11.8 Å². The van der Waals surface area contributed by atoms with E-state index < -0.39 is 0 Å². The molecule has 0 aromatic rings. The van der Waals surface area contributed by atoms with Gasteiger partial charge in [0.2, 0.25) is 11.8 Å². The van der Waals surface area contributed by atoms with Crippen molar-refractivity contribution in [3.05, 3.63) is 0 Å². The summed E-state index contributed by atoms with van der Waals surface area (Å²) in [5.74, 6) is -0.222. The number of ether oxygens (including phenoxy) is 1. The fourth-order valence-corrected chi connectivity index (χ4v) is 2.44. The Labute approximate surface area is 114 Å². The molecule has 0 aromatic carbocycles. The van der Waals surface area contributed by atoms with E-state index in [0.717, 1.165) is 25.7 Å². The van der Waals surface area contributed by atoms with Crippen LogP contribution in [0.5, 0.6) is 0 Å². The monoisotopic (exact) mass is 271 g/mol. The van der Waals surface area contributed by atoms with E-state index in [4.69, 9.17) is 10.5 Å². The van der Waals surface area contributed by atoms with Gasteiger partial charge < -0.3 is 21.1 Å². The summed E-state index contributed by atoms with van der Waals surface area (Å²) >= 11 is 0. The lowest BCUT2D eigenvalue weighted by atomic mass is 9.85. The molecule has 1 atom stereocenters. The summed E-state index contributed by atoms with van der Waals surface area (Å²) in [6, 6.07) is 0.323. The van der Waals surface area contributed by atoms with E-state index in [2.05, 4.69) is 10.6 Å². The minimum atomic E-state index is -0.204. The van der Waals surface area contributed by atoms with Crippen LogP contribution in [-0.2, 0) is 14.3 Å². The fourth-order valence-electron chi connectivity index (χ4n) is 2.44. The van der Waals surface area contributed by atoms with E-state index in [0.29, 0.717) is 19.2 Å². The highest BCUT2D eigenvalue weighted by atomic mass is 16.5. The van der Waals surface area contributed by atoms with E-state index in [1.54, 1.807) is 7.11 Å². The standard InChI is InChI=1S/C13H25N3O3/c1-9(8-19-2)16-12(17)7-15-11-5-3-10(4-6-11)13(14)18/h9-11,15H,3-8H2,1-2H3,(H2,14,18)(H,16,17). The topological polar surface area (TPSA) is 93.4 Å². The van der Waals surface area contributed by atoms with Crippen molar-refractivity contribution in [2.75, 3.05) is 20.3 Å². The van der Waals surface area contributed by atoms with Gasteiger partial charge in [-0.05, 0) is 32.6 Å². The highest BCUT2D eigenvalue weighted by Gasteiger charge is 2.24. The Bertz CT molecular complexity index is 302. The van der Waals surface area contributed by atoms with Crippen LogP contribution in [0, 0.1) is 5.92 Å². The number of rotatable bonds is 7. The molecule has 0 saturated heterocycles. The van der Waals surface area contributed by atoms with E-state index in [1.165, 1.54) is 0 Å². The molecule has 1 aliphatic rings. The van der Waals surface area contributed by atoms with Gasteiger partial charge in [0.15, 0.2) is 0 Å². The number of primary amides is 1. The van der Waals surface area contributed by atoms with Crippen molar-refractivity contribution in [1.82, 2.24) is 10.6 Å². The first-order chi connectivity index (χ1) is 9.02. The highest BCUT2D eigenvalue weighted by molar-refractivity contribution is 5.78. The number of hydrogen-bond acceptors (Lipinski definition) is 4. The molecule has 0 radical (unpaired) electrons. The van der Waals surface area contributed by atoms with Crippen LogP contribution in [0.2, 0.25) is 0 Å². The van der Waals surface area contributed by atoms with Gasteiger partial charge >= 0.3 is 0 Å². The molecule has 0 spiro atoms. The molecule has 6 heteroatoms. The lowest BCUT2D eigenvalue weighted by molar-refractivity contribution is -0.123. The van der Waals surface area contributed by atoms with Gasteiger partial charge in [-0.1, -0.05) is 0 Å². The third-order valence-electron chi connectivity index (χ3n) is 3.50. The maximum absolute atomic E-state index is 11.6. The molecule has 19 heavy (non-hydrogen) atoms. The van der Waals surface area contributed by atoms with Crippen LogP contribution in [0.4, 0.5) is 0 Å². The molecule has 1 aliphatic carbocycles. The zero-order valence-corrected chi connectivity index (χ0v) is 11.8. The van der Waals surface area contributed by atoms with Crippen molar-refractivity contribution < 1.29 is 14.3 Å². The van der Waals surface area contributed by atoms with Crippen molar-refractivity contribution in [2.24, 2.45) is 11.7 Å². The average molecular weight is 271 g/mol. The Balaban J connectivity index is 2.16. The predicted molar refractivity (Wildman–Crippen MR) is 72.4 cm³/mol. The van der Waals surface area contributed by atoms with Crippen LogP contribution >= 0.6 is 0 Å². The molecule has 0 heterocycles. The molecule has 1 rings (SSSR count). The quantitative estimate of drug-likeness (QED) is 0.596. The number of methoxy groups -OCH3 is 1. The minimum Gasteiger partial charge on any atom is -0.383 e. The Hall–Kier alpha value is -1.14. The van der Waals surface area contributed by atoms with Crippen molar-refractivity contribution in [3.8, 4) is 0 Å². The molecular formula is C13H25N3O3. The second-order valence-electron chi connectivity index (χ2n) is 5.26. The van der Waals surface area contributed by atoms with Gasteiger partial charge in [0.25, 0.3) is 0 Å². The Morgan fingerprint density at radius 3 is 2.47 bits per heavy atom. The van der Waals surface area contributed by atoms with E-state index in [-0.39, 0.29) is 23.8 Å². The normalized spacial score (nSPS) is 24.7. The zero-order chi connectivity index (χ0) is 14.3. The van der Waals surface area contributed by atoms with Gasteiger partial charge in [-0.2, -0.15) is 0 Å². The van der Waals surface area contributed by atoms with Crippen molar-refractivity contribution in [1.29, 1.82) is 0 Å².